The van der Waals surface area contributed by atoms with E-state index in [0.717, 1.165) is 56.2 Å². The number of rotatable bonds is 5. The zero-order valence-corrected chi connectivity index (χ0v) is 16.3. The molecule has 0 radical (unpaired) electrons. The lowest BCUT2D eigenvalue weighted by Crippen LogP contribution is -2.41. The van der Waals surface area contributed by atoms with E-state index in [2.05, 4.69) is 44.7 Å². The molecule has 2 N–H and O–H groups in total. The fraction of sp³-hybridized carbons (Fsp3) is 0.304. The molecule has 5 rings (SSSR count). The van der Waals surface area contributed by atoms with Gasteiger partial charge in [-0.25, -0.2) is 0 Å². The fourth-order valence-corrected chi connectivity index (χ4v) is 4.14. The Bertz CT molecular complexity index is 1020. The van der Waals surface area contributed by atoms with Crippen molar-refractivity contribution >= 4 is 5.91 Å². The summed E-state index contributed by atoms with van der Waals surface area (Å²) in [6.45, 7) is 4.92. The molecule has 6 nitrogen and oxygen atoms in total. The molecular formula is C23H24N4O2. The first-order chi connectivity index (χ1) is 14.3. The molecule has 1 aromatic heterocycles. The smallest absolute Gasteiger partial charge is 0.251 e. The van der Waals surface area contributed by atoms with Gasteiger partial charge in [-0.3, -0.25) is 14.8 Å². The lowest BCUT2D eigenvalue weighted by molar-refractivity contribution is 0.0383. The Labute approximate surface area is 169 Å². The van der Waals surface area contributed by atoms with Crippen LogP contribution in [0.25, 0.3) is 22.5 Å². The minimum Gasteiger partial charge on any atom is -0.379 e. The number of hydrogen-bond acceptors (Lipinski definition) is 4. The van der Waals surface area contributed by atoms with Crippen molar-refractivity contribution in [1.29, 1.82) is 0 Å². The van der Waals surface area contributed by atoms with Gasteiger partial charge in [-0.05, 0) is 17.7 Å². The van der Waals surface area contributed by atoms with Gasteiger partial charge in [0.15, 0.2) is 0 Å². The second kappa shape index (κ2) is 7.81. The van der Waals surface area contributed by atoms with Crippen molar-refractivity contribution in [2.75, 3.05) is 39.4 Å². The highest BCUT2D eigenvalue weighted by atomic mass is 16.5. The second-order valence-corrected chi connectivity index (χ2v) is 7.55. The summed E-state index contributed by atoms with van der Waals surface area (Å²) in [6.07, 6.45) is 0.890. The highest BCUT2D eigenvalue weighted by molar-refractivity contribution is 5.94. The summed E-state index contributed by atoms with van der Waals surface area (Å²) in [5, 5.41) is 10.7. The number of amides is 1. The quantitative estimate of drug-likeness (QED) is 0.552. The van der Waals surface area contributed by atoms with Crippen LogP contribution in [0.15, 0.2) is 48.5 Å². The molecule has 1 aliphatic heterocycles. The van der Waals surface area contributed by atoms with E-state index in [-0.39, 0.29) is 5.91 Å². The topological polar surface area (TPSA) is 70.2 Å². The van der Waals surface area contributed by atoms with Crippen molar-refractivity contribution in [2.45, 2.75) is 6.42 Å². The van der Waals surface area contributed by atoms with Gasteiger partial charge in [-0.15, -0.1) is 0 Å². The molecule has 1 saturated heterocycles. The molecule has 0 atom stereocenters. The molecule has 29 heavy (non-hydrogen) atoms. The molecule has 2 heterocycles. The van der Waals surface area contributed by atoms with Crippen LogP contribution in [0.1, 0.15) is 21.5 Å². The number of ether oxygens (including phenoxy) is 1. The standard InChI is InChI=1S/C23H24N4O2/c28-23(24-9-10-27-11-13-29-14-12-27)17-7-5-16(6-8-17)21-20-15-18-3-1-2-4-19(18)22(20)26-25-21/h1-8H,9-15H2,(H,24,28)(H,25,26). The van der Waals surface area contributed by atoms with Gasteiger partial charge in [0, 0.05) is 54.9 Å². The molecule has 148 valence electrons. The van der Waals surface area contributed by atoms with E-state index in [1.165, 1.54) is 16.7 Å². The van der Waals surface area contributed by atoms with Crippen LogP contribution in [0.3, 0.4) is 0 Å². The van der Waals surface area contributed by atoms with Crippen LogP contribution in [0, 0.1) is 0 Å². The maximum absolute atomic E-state index is 12.4. The number of H-pyrrole nitrogens is 1. The lowest BCUT2D eigenvalue weighted by atomic mass is 10.0. The number of nitrogens with one attached hydrogen (secondary N) is 2. The first-order valence-corrected chi connectivity index (χ1v) is 10.1. The van der Waals surface area contributed by atoms with Crippen LogP contribution in [0.5, 0.6) is 0 Å². The summed E-state index contributed by atoms with van der Waals surface area (Å²) in [6, 6.07) is 16.1. The summed E-state index contributed by atoms with van der Waals surface area (Å²) in [7, 11) is 0. The second-order valence-electron chi connectivity index (χ2n) is 7.55. The number of nitrogens with zero attached hydrogens (tertiary/aromatic N) is 2. The van der Waals surface area contributed by atoms with Gasteiger partial charge in [0.25, 0.3) is 5.91 Å². The fourth-order valence-electron chi connectivity index (χ4n) is 4.14. The monoisotopic (exact) mass is 388 g/mol. The first-order valence-electron chi connectivity index (χ1n) is 10.1. The molecule has 0 bridgehead atoms. The van der Waals surface area contributed by atoms with Crippen LogP contribution in [-0.4, -0.2) is 60.4 Å². The van der Waals surface area contributed by atoms with Crippen molar-refractivity contribution in [1.82, 2.24) is 20.4 Å². The molecule has 1 aliphatic carbocycles. The molecule has 6 heteroatoms. The minimum atomic E-state index is -0.0375. The van der Waals surface area contributed by atoms with Crippen molar-refractivity contribution < 1.29 is 9.53 Å². The Morgan fingerprint density at radius 2 is 1.90 bits per heavy atom. The maximum Gasteiger partial charge on any atom is 0.251 e. The van der Waals surface area contributed by atoms with E-state index in [4.69, 9.17) is 4.74 Å². The summed E-state index contributed by atoms with van der Waals surface area (Å²) in [4.78, 5) is 14.8. The Morgan fingerprint density at radius 3 is 2.72 bits per heavy atom. The highest BCUT2D eigenvalue weighted by Crippen LogP contribution is 2.39. The van der Waals surface area contributed by atoms with Crippen LogP contribution in [0.2, 0.25) is 0 Å². The molecule has 2 aromatic carbocycles. The van der Waals surface area contributed by atoms with Crippen molar-refractivity contribution in [3.8, 4) is 22.5 Å². The zero-order chi connectivity index (χ0) is 19.6. The van der Waals surface area contributed by atoms with Crippen LogP contribution < -0.4 is 5.32 Å². The van der Waals surface area contributed by atoms with Gasteiger partial charge in [-0.1, -0.05) is 36.4 Å². The average Bonchev–Trinajstić information content (AvgIpc) is 3.34. The van der Waals surface area contributed by atoms with E-state index in [9.17, 15) is 4.79 Å². The number of carbonyl (C=O) groups excluding carboxylic acids is 1. The number of morpholine rings is 1. The third-order valence-corrected chi connectivity index (χ3v) is 5.76. The van der Waals surface area contributed by atoms with Crippen molar-refractivity contribution in [3.05, 3.63) is 65.2 Å². The van der Waals surface area contributed by atoms with E-state index >= 15 is 0 Å². The van der Waals surface area contributed by atoms with Crippen LogP contribution >= 0.6 is 0 Å². The first kappa shape index (κ1) is 18.1. The molecular weight excluding hydrogens is 364 g/mol. The van der Waals surface area contributed by atoms with E-state index in [1.807, 2.05) is 24.3 Å². The number of fused-ring (bicyclic) bond motifs is 3. The Balaban J connectivity index is 1.24. The number of hydrogen-bond donors (Lipinski definition) is 2. The number of aromatic nitrogens is 2. The Hall–Kier alpha value is -2.96. The lowest BCUT2D eigenvalue weighted by Gasteiger charge is -2.26. The van der Waals surface area contributed by atoms with E-state index in [0.29, 0.717) is 12.1 Å². The molecule has 0 saturated carbocycles. The van der Waals surface area contributed by atoms with E-state index < -0.39 is 0 Å². The molecule has 0 unspecified atom stereocenters. The normalized spacial score (nSPS) is 15.7. The Kier molecular flexibility index (Phi) is 4.87. The van der Waals surface area contributed by atoms with Crippen LogP contribution in [0.4, 0.5) is 0 Å². The summed E-state index contributed by atoms with van der Waals surface area (Å²) < 4.78 is 5.35. The van der Waals surface area contributed by atoms with Gasteiger partial charge in [-0.2, -0.15) is 5.10 Å². The number of benzene rings is 2. The van der Waals surface area contributed by atoms with Crippen molar-refractivity contribution in [3.63, 3.8) is 0 Å². The van der Waals surface area contributed by atoms with Gasteiger partial charge in [0.05, 0.1) is 24.6 Å². The van der Waals surface area contributed by atoms with Gasteiger partial charge < -0.3 is 10.1 Å². The molecule has 1 amide bonds. The number of aromatic amines is 1. The molecule has 3 aromatic rings. The van der Waals surface area contributed by atoms with Gasteiger partial charge in [0.2, 0.25) is 0 Å². The predicted octanol–water partition coefficient (Wildman–Crippen LogP) is 2.71. The van der Waals surface area contributed by atoms with E-state index in [1.54, 1.807) is 0 Å². The average molecular weight is 388 g/mol. The third-order valence-electron chi connectivity index (χ3n) is 5.76. The highest BCUT2D eigenvalue weighted by Gasteiger charge is 2.24. The summed E-state index contributed by atoms with van der Waals surface area (Å²) in [5.74, 6) is -0.0375. The van der Waals surface area contributed by atoms with Crippen molar-refractivity contribution in [2.24, 2.45) is 0 Å². The maximum atomic E-state index is 12.4. The van der Waals surface area contributed by atoms with Gasteiger partial charge >= 0.3 is 0 Å². The van der Waals surface area contributed by atoms with Crippen LogP contribution in [-0.2, 0) is 11.2 Å². The summed E-state index contributed by atoms with van der Waals surface area (Å²) >= 11 is 0. The minimum absolute atomic E-state index is 0.0375. The molecule has 1 fully saturated rings. The zero-order valence-electron chi connectivity index (χ0n) is 16.3. The molecule has 0 spiro atoms. The predicted molar refractivity (Wildman–Crippen MR) is 112 cm³/mol. The largest absolute Gasteiger partial charge is 0.379 e. The summed E-state index contributed by atoms with van der Waals surface area (Å²) in [5.41, 5.74) is 7.57. The van der Waals surface area contributed by atoms with Gasteiger partial charge in [0.1, 0.15) is 0 Å². The SMILES string of the molecule is O=C(NCCN1CCOCC1)c1ccc(-c2n[nH]c3c2Cc2ccccc2-3)cc1. The molecule has 2 aliphatic rings. The third kappa shape index (κ3) is 3.57. The Morgan fingerprint density at radius 1 is 1.10 bits per heavy atom. The number of carbonyl (C=O) groups is 1.